The van der Waals surface area contributed by atoms with Crippen LogP contribution in [0.5, 0.6) is 5.75 Å². The molecule has 1 aliphatic rings. The van der Waals surface area contributed by atoms with Crippen LogP contribution in [0.15, 0.2) is 72.3 Å². The molecule has 0 saturated carbocycles. The number of carbonyl (C=O) groups is 2. The Morgan fingerprint density at radius 2 is 1.73 bits per heavy atom. The fourth-order valence-corrected chi connectivity index (χ4v) is 4.31. The highest BCUT2D eigenvalue weighted by Crippen LogP contribution is 2.41. The first-order chi connectivity index (χ1) is 15.8. The average molecular weight is 462 g/mol. The van der Waals surface area contributed by atoms with Crippen molar-refractivity contribution in [1.82, 2.24) is 4.90 Å². The summed E-state index contributed by atoms with van der Waals surface area (Å²) in [4.78, 5) is 28.0. The van der Waals surface area contributed by atoms with Crippen molar-refractivity contribution >= 4 is 29.1 Å². The molecule has 0 radical (unpaired) electrons. The molecule has 0 spiro atoms. The number of aliphatic hydroxyl groups excluding tert-OH is 1. The van der Waals surface area contributed by atoms with E-state index >= 15 is 0 Å². The fourth-order valence-electron chi connectivity index (χ4n) is 4.19. The normalized spacial score (nSPS) is 17.5. The summed E-state index contributed by atoms with van der Waals surface area (Å²) >= 11 is 6.09. The lowest BCUT2D eigenvalue weighted by Crippen LogP contribution is -2.29. The van der Waals surface area contributed by atoms with Gasteiger partial charge in [-0.15, -0.1) is 0 Å². The van der Waals surface area contributed by atoms with Crippen molar-refractivity contribution in [2.45, 2.75) is 26.4 Å². The number of methoxy groups -OCH3 is 1. The summed E-state index contributed by atoms with van der Waals surface area (Å²) < 4.78 is 5.45. The van der Waals surface area contributed by atoms with Gasteiger partial charge in [0, 0.05) is 16.1 Å². The lowest BCUT2D eigenvalue weighted by atomic mass is 9.93. The van der Waals surface area contributed by atoms with Gasteiger partial charge in [-0.3, -0.25) is 9.59 Å². The molecule has 3 aromatic carbocycles. The number of halogens is 1. The molecular formula is C27H24ClNO4. The molecule has 1 amide bonds. The summed E-state index contributed by atoms with van der Waals surface area (Å²) in [5.74, 6) is -0.961. The lowest BCUT2D eigenvalue weighted by Gasteiger charge is -2.26. The lowest BCUT2D eigenvalue weighted by molar-refractivity contribution is -0.140. The van der Waals surface area contributed by atoms with E-state index in [0.29, 0.717) is 21.9 Å². The molecule has 1 saturated heterocycles. The van der Waals surface area contributed by atoms with Gasteiger partial charge in [-0.05, 0) is 49.2 Å². The molecule has 1 heterocycles. The molecule has 6 heteroatoms. The Morgan fingerprint density at radius 1 is 1.03 bits per heavy atom. The van der Waals surface area contributed by atoms with Gasteiger partial charge in [0.05, 0.1) is 25.3 Å². The van der Waals surface area contributed by atoms with Gasteiger partial charge in [0.25, 0.3) is 11.7 Å². The number of Topliss-reactive ketones (excluding diaryl/α,β-unsaturated/α-hetero) is 1. The predicted molar refractivity (Wildman–Crippen MR) is 128 cm³/mol. The number of nitrogens with zero attached hydrogens (tertiary/aromatic N) is 1. The third-order valence-electron chi connectivity index (χ3n) is 5.91. The van der Waals surface area contributed by atoms with Crippen LogP contribution in [0.25, 0.3) is 5.76 Å². The van der Waals surface area contributed by atoms with Crippen molar-refractivity contribution in [3.63, 3.8) is 0 Å². The summed E-state index contributed by atoms with van der Waals surface area (Å²) in [5.41, 5.74) is 3.78. The van der Waals surface area contributed by atoms with Crippen molar-refractivity contribution in [2.75, 3.05) is 7.11 Å². The zero-order valence-corrected chi connectivity index (χ0v) is 19.4. The molecule has 33 heavy (non-hydrogen) atoms. The molecule has 1 aliphatic heterocycles. The molecule has 4 rings (SSSR count). The minimum absolute atomic E-state index is 0.0610. The molecule has 1 N–H and O–H groups in total. The van der Waals surface area contributed by atoms with Crippen molar-refractivity contribution < 1.29 is 19.4 Å². The largest absolute Gasteiger partial charge is 0.507 e. The minimum atomic E-state index is -0.771. The van der Waals surface area contributed by atoms with E-state index in [-0.39, 0.29) is 17.9 Å². The van der Waals surface area contributed by atoms with Crippen molar-refractivity contribution in [2.24, 2.45) is 0 Å². The number of carbonyl (C=O) groups excluding carboxylic acids is 2. The van der Waals surface area contributed by atoms with Crippen LogP contribution >= 0.6 is 11.6 Å². The molecular weight excluding hydrogens is 438 g/mol. The van der Waals surface area contributed by atoms with E-state index in [1.807, 2.05) is 50.2 Å². The maximum Gasteiger partial charge on any atom is 0.295 e. The minimum Gasteiger partial charge on any atom is -0.507 e. The topological polar surface area (TPSA) is 66.8 Å². The van der Waals surface area contributed by atoms with Crippen LogP contribution in [0.4, 0.5) is 0 Å². The fraction of sp³-hybridized carbons (Fsp3) is 0.185. The van der Waals surface area contributed by atoms with E-state index in [1.54, 1.807) is 37.4 Å². The second kappa shape index (κ2) is 9.12. The van der Waals surface area contributed by atoms with Gasteiger partial charge in [0.15, 0.2) is 0 Å². The molecule has 1 fully saturated rings. The van der Waals surface area contributed by atoms with Crippen molar-refractivity contribution in [1.29, 1.82) is 0 Å². The maximum absolute atomic E-state index is 13.3. The van der Waals surface area contributed by atoms with Gasteiger partial charge in [-0.25, -0.2) is 0 Å². The predicted octanol–water partition coefficient (Wildman–Crippen LogP) is 5.59. The average Bonchev–Trinajstić information content (AvgIpc) is 3.06. The highest BCUT2D eigenvalue weighted by molar-refractivity contribution is 6.46. The number of aryl methyl sites for hydroxylation is 2. The quantitative estimate of drug-likeness (QED) is 0.305. The number of ether oxygens (including phenoxy) is 1. The first-order valence-electron chi connectivity index (χ1n) is 10.5. The van der Waals surface area contributed by atoms with Crippen LogP contribution in [0.1, 0.15) is 33.9 Å². The Hall–Kier alpha value is -3.57. The van der Waals surface area contributed by atoms with E-state index in [1.165, 1.54) is 4.90 Å². The smallest absolute Gasteiger partial charge is 0.295 e. The Balaban J connectivity index is 1.90. The number of amides is 1. The highest BCUT2D eigenvalue weighted by Gasteiger charge is 2.46. The van der Waals surface area contributed by atoms with Crippen molar-refractivity contribution in [3.05, 3.63) is 105 Å². The standard InChI is InChI=1S/C27H24ClNO4/c1-16-8-9-17(2)21(14-16)25(30)23-24(18-10-12-20(28)13-11-18)29(27(32)26(23)31)15-19-6-4-5-7-22(19)33-3/h4-14,24,30H,15H2,1-3H3/b25-23+. The SMILES string of the molecule is COc1ccccc1CN1C(=O)C(=O)/C(=C(/O)c2cc(C)ccc2C)C1c1ccc(Cl)cc1. The van der Waals surface area contributed by atoms with Gasteiger partial charge < -0.3 is 14.7 Å². The molecule has 0 bridgehead atoms. The van der Waals surface area contributed by atoms with Gasteiger partial charge in [-0.2, -0.15) is 0 Å². The summed E-state index contributed by atoms with van der Waals surface area (Å²) in [6, 6.07) is 19.2. The third kappa shape index (κ3) is 4.24. The molecule has 0 aromatic heterocycles. The Labute approximate surface area is 197 Å². The van der Waals surface area contributed by atoms with E-state index in [2.05, 4.69) is 0 Å². The Kier molecular flexibility index (Phi) is 6.25. The molecule has 3 aromatic rings. The van der Waals surface area contributed by atoms with E-state index in [0.717, 1.165) is 16.7 Å². The zero-order valence-electron chi connectivity index (χ0n) is 18.6. The monoisotopic (exact) mass is 461 g/mol. The van der Waals surface area contributed by atoms with Crippen LogP contribution in [-0.4, -0.2) is 28.8 Å². The summed E-state index contributed by atoms with van der Waals surface area (Å²) in [6.07, 6.45) is 0. The Morgan fingerprint density at radius 3 is 2.42 bits per heavy atom. The van der Waals surface area contributed by atoms with Crippen LogP contribution < -0.4 is 4.74 Å². The van der Waals surface area contributed by atoms with E-state index in [4.69, 9.17) is 16.3 Å². The summed E-state index contributed by atoms with van der Waals surface area (Å²) in [5, 5.41) is 11.9. The number of likely N-dealkylation sites (tertiary alicyclic amines) is 1. The number of aliphatic hydroxyl groups is 1. The van der Waals surface area contributed by atoms with Gasteiger partial charge in [0.2, 0.25) is 0 Å². The second-order valence-electron chi connectivity index (χ2n) is 8.11. The number of hydrogen-bond acceptors (Lipinski definition) is 4. The number of para-hydroxylation sites is 1. The van der Waals surface area contributed by atoms with Crippen LogP contribution in [0, 0.1) is 13.8 Å². The maximum atomic E-state index is 13.3. The van der Waals surface area contributed by atoms with Gasteiger partial charge >= 0.3 is 0 Å². The number of rotatable bonds is 5. The zero-order chi connectivity index (χ0) is 23.7. The van der Waals surface area contributed by atoms with Crippen LogP contribution in [-0.2, 0) is 16.1 Å². The van der Waals surface area contributed by atoms with Crippen molar-refractivity contribution in [3.8, 4) is 5.75 Å². The highest BCUT2D eigenvalue weighted by atomic mass is 35.5. The van der Waals surface area contributed by atoms with E-state index in [9.17, 15) is 14.7 Å². The van der Waals surface area contributed by atoms with Gasteiger partial charge in [-0.1, -0.05) is 59.6 Å². The summed E-state index contributed by atoms with van der Waals surface area (Å²) in [7, 11) is 1.56. The number of benzene rings is 3. The Bertz CT molecular complexity index is 1260. The number of hydrogen-bond donors (Lipinski definition) is 1. The molecule has 1 unspecified atom stereocenters. The second-order valence-corrected chi connectivity index (χ2v) is 8.55. The van der Waals surface area contributed by atoms with E-state index < -0.39 is 17.7 Å². The third-order valence-corrected chi connectivity index (χ3v) is 6.16. The summed E-state index contributed by atoms with van der Waals surface area (Å²) in [6.45, 7) is 3.91. The molecule has 0 aliphatic carbocycles. The molecule has 1 atom stereocenters. The molecule has 5 nitrogen and oxygen atoms in total. The first kappa shape index (κ1) is 22.6. The first-order valence-corrected chi connectivity index (χ1v) is 10.9. The van der Waals surface area contributed by atoms with Gasteiger partial charge in [0.1, 0.15) is 11.5 Å². The van der Waals surface area contributed by atoms with Crippen LogP contribution in [0.2, 0.25) is 5.02 Å². The molecule has 168 valence electrons. The van der Waals surface area contributed by atoms with Crippen LogP contribution in [0.3, 0.4) is 0 Å². The number of ketones is 1.